The number of likely N-dealkylation sites (tertiary alicyclic amines) is 1. The van der Waals surface area contributed by atoms with Crippen LogP contribution in [0.1, 0.15) is 24.2 Å². The first-order chi connectivity index (χ1) is 8.61. The molecule has 1 saturated heterocycles. The highest BCUT2D eigenvalue weighted by molar-refractivity contribution is 5.83. The number of carbonyl (C=O) groups excluding carboxylic acids is 1. The first-order valence-corrected chi connectivity index (χ1v) is 6.59. The minimum absolute atomic E-state index is 0.0266. The molecule has 2 heterocycles. The molecule has 1 unspecified atom stereocenters. The highest BCUT2D eigenvalue weighted by Gasteiger charge is 2.29. The van der Waals surface area contributed by atoms with E-state index in [1.807, 2.05) is 23.6 Å². The van der Waals surface area contributed by atoms with Crippen LogP contribution < -0.4 is 5.32 Å². The van der Waals surface area contributed by atoms with E-state index in [0.29, 0.717) is 0 Å². The summed E-state index contributed by atoms with van der Waals surface area (Å²) in [4.78, 5) is 13.8. The van der Waals surface area contributed by atoms with Crippen LogP contribution in [0.2, 0.25) is 0 Å². The van der Waals surface area contributed by atoms with Gasteiger partial charge in [-0.1, -0.05) is 0 Å². The van der Waals surface area contributed by atoms with E-state index in [2.05, 4.69) is 23.4 Å². The molecule has 5 heteroatoms. The first kappa shape index (κ1) is 13.1. The monoisotopic (exact) mass is 250 g/mol. The molecule has 1 amide bonds. The SMILES string of the molecule is CNC1CCN(CCCn2nc(C)cc2C)C1=O. The van der Waals surface area contributed by atoms with Crippen molar-refractivity contribution in [3.63, 3.8) is 0 Å². The van der Waals surface area contributed by atoms with Crippen LogP contribution in [-0.4, -0.2) is 46.8 Å². The van der Waals surface area contributed by atoms with Gasteiger partial charge in [0, 0.05) is 25.3 Å². The average molecular weight is 250 g/mol. The Hall–Kier alpha value is -1.36. The molecular formula is C13H22N4O. The third kappa shape index (κ3) is 2.72. The summed E-state index contributed by atoms with van der Waals surface area (Å²) in [6, 6.07) is 2.11. The summed E-state index contributed by atoms with van der Waals surface area (Å²) in [7, 11) is 1.85. The summed E-state index contributed by atoms with van der Waals surface area (Å²) >= 11 is 0. The van der Waals surface area contributed by atoms with Crippen molar-refractivity contribution in [2.24, 2.45) is 0 Å². The van der Waals surface area contributed by atoms with E-state index in [0.717, 1.165) is 38.2 Å². The highest BCUT2D eigenvalue weighted by Crippen LogP contribution is 2.11. The maximum absolute atomic E-state index is 11.9. The van der Waals surface area contributed by atoms with Crippen molar-refractivity contribution < 1.29 is 4.79 Å². The Bertz CT molecular complexity index is 427. The van der Waals surface area contributed by atoms with Gasteiger partial charge in [-0.05, 0) is 39.8 Å². The van der Waals surface area contributed by atoms with Crippen LogP contribution in [0.4, 0.5) is 0 Å². The molecule has 1 aliphatic heterocycles. The summed E-state index contributed by atoms with van der Waals surface area (Å²) in [6.07, 6.45) is 1.89. The number of carbonyl (C=O) groups is 1. The number of nitrogens with one attached hydrogen (secondary N) is 1. The first-order valence-electron chi connectivity index (χ1n) is 6.59. The molecule has 0 bridgehead atoms. The number of hydrogen-bond acceptors (Lipinski definition) is 3. The lowest BCUT2D eigenvalue weighted by molar-refractivity contribution is -0.129. The van der Waals surface area contributed by atoms with Gasteiger partial charge in [-0.15, -0.1) is 0 Å². The van der Waals surface area contributed by atoms with Crippen LogP contribution in [-0.2, 0) is 11.3 Å². The third-order valence-electron chi connectivity index (χ3n) is 3.55. The fourth-order valence-electron chi connectivity index (χ4n) is 2.54. The standard InChI is InChI=1S/C13H22N4O/c1-10-9-11(2)17(15-10)7-4-6-16-8-5-12(14-3)13(16)18/h9,12,14H,4-8H2,1-3H3. The molecule has 0 aromatic carbocycles. The second-order valence-corrected chi connectivity index (χ2v) is 4.96. The van der Waals surface area contributed by atoms with E-state index in [9.17, 15) is 4.79 Å². The molecular weight excluding hydrogens is 228 g/mol. The molecule has 0 spiro atoms. The van der Waals surface area contributed by atoms with E-state index in [4.69, 9.17) is 0 Å². The van der Waals surface area contributed by atoms with Crippen LogP contribution in [0, 0.1) is 13.8 Å². The van der Waals surface area contributed by atoms with Crippen molar-refractivity contribution in [1.29, 1.82) is 0 Å². The topological polar surface area (TPSA) is 50.2 Å². The zero-order valence-corrected chi connectivity index (χ0v) is 11.4. The van der Waals surface area contributed by atoms with Crippen LogP contribution in [0.25, 0.3) is 0 Å². The lowest BCUT2D eigenvalue weighted by Crippen LogP contribution is -2.36. The molecule has 1 aromatic rings. The summed E-state index contributed by atoms with van der Waals surface area (Å²) in [5, 5.41) is 7.48. The predicted molar refractivity (Wildman–Crippen MR) is 70.4 cm³/mol. The van der Waals surface area contributed by atoms with Gasteiger partial charge in [0.25, 0.3) is 0 Å². The summed E-state index contributed by atoms with van der Waals surface area (Å²) in [6.45, 7) is 6.66. The maximum Gasteiger partial charge on any atom is 0.239 e. The maximum atomic E-state index is 11.9. The largest absolute Gasteiger partial charge is 0.341 e. The fraction of sp³-hybridized carbons (Fsp3) is 0.692. The third-order valence-corrected chi connectivity index (χ3v) is 3.55. The van der Waals surface area contributed by atoms with Crippen molar-refractivity contribution in [2.45, 2.75) is 39.3 Å². The van der Waals surface area contributed by atoms with Crippen LogP contribution in [0.15, 0.2) is 6.07 Å². The number of amides is 1. The second kappa shape index (κ2) is 5.52. The molecule has 18 heavy (non-hydrogen) atoms. The Morgan fingerprint density at radius 2 is 2.22 bits per heavy atom. The molecule has 1 atom stereocenters. The number of likely N-dealkylation sites (N-methyl/N-ethyl adjacent to an activating group) is 1. The van der Waals surface area contributed by atoms with Gasteiger partial charge in [0.15, 0.2) is 0 Å². The van der Waals surface area contributed by atoms with Crippen LogP contribution in [0.3, 0.4) is 0 Å². The van der Waals surface area contributed by atoms with Gasteiger partial charge in [0.2, 0.25) is 5.91 Å². The number of aromatic nitrogens is 2. The molecule has 1 aliphatic rings. The lowest BCUT2D eigenvalue weighted by Gasteiger charge is -2.16. The van der Waals surface area contributed by atoms with E-state index in [1.54, 1.807) is 0 Å². The molecule has 0 saturated carbocycles. The second-order valence-electron chi connectivity index (χ2n) is 4.96. The number of hydrogen-bond donors (Lipinski definition) is 1. The smallest absolute Gasteiger partial charge is 0.239 e. The van der Waals surface area contributed by atoms with Crippen molar-refractivity contribution in [3.05, 3.63) is 17.5 Å². The normalized spacial score (nSPS) is 19.8. The Morgan fingerprint density at radius 1 is 1.44 bits per heavy atom. The van der Waals surface area contributed by atoms with Crippen molar-refractivity contribution in [2.75, 3.05) is 20.1 Å². The van der Waals surface area contributed by atoms with E-state index in [-0.39, 0.29) is 11.9 Å². The minimum atomic E-state index is 0.0266. The van der Waals surface area contributed by atoms with E-state index >= 15 is 0 Å². The highest BCUT2D eigenvalue weighted by atomic mass is 16.2. The quantitative estimate of drug-likeness (QED) is 0.837. The zero-order valence-electron chi connectivity index (χ0n) is 11.4. The number of rotatable bonds is 5. The van der Waals surface area contributed by atoms with Gasteiger partial charge in [-0.25, -0.2) is 0 Å². The van der Waals surface area contributed by atoms with E-state index in [1.165, 1.54) is 5.69 Å². The van der Waals surface area contributed by atoms with Gasteiger partial charge >= 0.3 is 0 Å². The Labute approximate surface area is 108 Å². The van der Waals surface area contributed by atoms with Gasteiger partial charge in [-0.2, -0.15) is 5.10 Å². The summed E-state index contributed by atoms with van der Waals surface area (Å²) in [5.74, 6) is 0.242. The Morgan fingerprint density at radius 3 is 2.78 bits per heavy atom. The number of aryl methyl sites for hydroxylation is 3. The van der Waals surface area contributed by atoms with Crippen LogP contribution in [0.5, 0.6) is 0 Å². The summed E-state index contributed by atoms with van der Waals surface area (Å²) in [5.41, 5.74) is 2.24. The zero-order chi connectivity index (χ0) is 13.1. The average Bonchev–Trinajstić information content (AvgIpc) is 2.83. The minimum Gasteiger partial charge on any atom is -0.341 e. The molecule has 0 radical (unpaired) electrons. The molecule has 1 fully saturated rings. The molecule has 1 aromatic heterocycles. The Kier molecular flexibility index (Phi) is 4.01. The van der Waals surface area contributed by atoms with Gasteiger partial charge in [-0.3, -0.25) is 9.48 Å². The molecule has 0 aliphatic carbocycles. The van der Waals surface area contributed by atoms with Gasteiger partial charge in [0.1, 0.15) is 0 Å². The molecule has 1 N–H and O–H groups in total. The predicted octanol–water partition coefficient (Wildman–Crippen LogP) is 0.710. The summed E-state index contributed by atoms with van der Waals surface area (Å²) < 4.78 is 2.02. The molecule has 5 nitrogen and oxygen atoms in total. The lowest BCUT2D eigenvalue weighted by atomic mass is 10.3. The van der Waals surface area contributed by atoms with Gasteiger partial charge in [0.05, 0.1) is 11.7 Å². The number of nitrogens with zero attached hydrogens (tertiary/aromatic N) is 3. The fourth-order valence-corrected chi connectivity index (χ4v) is 2.54. The van der Waals surface area contributed by atoms with E-state index < -0.39 is 0 Å². The molecule has 100 valence electrons. The van der Waals surface area contributed by atoms with Crippen molar-refractivity contribution in [1.82, 2.24) is 20.0 Å². The van der Waals surface area contributed by atoms with Gasteiger partial charge < -0.3 is 10.2 Å². The van der Waals surface area contributed by atoms with Crippen molar-refractivity contribution in [3.8, 4) is 0 Å². The Balaban J connectivity index is 1.79. The van der Waals surface area contributed by atoms with Crippen LogP contribution >= 0.6 is 0 Å². The molecule has 2 rings (SSSR count). The van der Waals surface area contributed by atoms with Crippen molar-refractivity contribution >= 4 is 5.91 Å².